The molecular weight excluding hydrogens is 281 g/mol. The van der Waals surface area contributed by atoms with E-state index in [1.807, 2.05) is 31.2 Å². The molecule has 3 nitrogen and oxygen atoms in total. The van der Waals surface area contributed by atoms with Gasteiger partial charge in [-0.25, -0.2) is 4.39 Å². The molecule has 1 atom stereocenters. The van der Waals surface area contributed by atoms with Crippen LogP contribution in [0.2, 0.25) is 0 Å². The van der Waals surface area contributed by atoms with Crippen LogP contribution < -0.4 is 4.74 Å². The van der Waals surface area contributed by atoms with Crippen molar-refractivity contribution in [2.45, 2.75) is 26.5 Å². The molecular formula is C18H20FNO2. The Kier molecular flexibility index (Phi) is 5.15. The van der Waals surface area contributed by atoms with Crippen molar-refractivity contribution >= 4 is 5.91 Å². The zero-order valence-corrected chi connectivity index (χ0v) is 13.0. The molecule has 0 aliphatic carbocycles. The van der Waals surface area contributed by atoms with Gasteiger partial charge in [-0.3, -0.25) is 4.79 Å². The topological polar surface area (TPSA) is 29.5 Å². The highest BCUT2D eigenvalue weighted by atomic mass is 19.1. The zero-order chi connectivity index (χ0) is 16.1. The van der Waals surface area contributed by atoms with Crippen molar-refractivity contribution in [3.63, 3.8) is 0 Å². The average molecular weight is 301 g/mol. The lowest BCUT2D eigenvalue weighted by Crippen LogP contribution is -2.37. The Bertz CT molecular complexity index is 640. The van der Waals surface area contributed by atoms with Crippen LogP contribution in [0.15, 0.2) is 48.5 Å². The highest BCUT2D eigenvalue weighted by Crippen LogP contribution is 2.15. The van der Waals surface area contributed by atoms with E-state index in [0.29, 0.717) is 12.3 Å². The number of amides is 1. The van der Waals surface area contributed by atoms with Crippen molar-refractivity contribution in [3.05, 3.63) is 65.5 Å². The smallest absolute Gasteiger partial charge is 0.263 e. The molecule has 0 radical (unpaired) electrons. The molecule has 0 saturated carbocycles. The number of hydrogen-bond donors (Lipinski definition) is 0. The fourth-order valence-corrected chi connectivity index (χ4v) is 2.17. The molecule has 1 unspecified atom stereocenters. The summed E-state index contributed by atoms with van der Waals surface area (Å²) in [7, 11) is 1.68. The van der Waals surface area contributed by atoms with Gasteiger partial charge in [-0.1, -0.05) is 29.8 Å². The van der Waals surface area contributed by atoms with E-state index < -0.39 is 6.10 Å². The molecule has 22 heavy (non-hydrogen) atoms. The summed E-state index contributed by atoms with van der Waals surface area (Å²) in [6.07, 6.45) is -0.596. The molecule has 4 heteroatoms. The normalized spacial score (nSPS) is 11.8. The lowest BCUT2D eigenvalue weighted by molar-refractivity contribution is -0.137. The summed E-state index contributed by atoms with van der Waals surface area (Å²) < 4.78 is 18.8. The van der Waals surface area contributed by atoms with E-state index in [2.05, 4.69) is 0 Å². The Labute approximate surface area is 130 Å². The van der Waals surface area contributed by atoms with Gasteiger partial charge in [-0.15, -0.1) is 0 Å². The molecule has 0 saturated heterocycles. The number of carbonyl (C=O) groups excluding carboxylic acids is 1. The van der Waals surface area contributed by atoms with Crippen molar-refractivity contribution in [1.82, 2.24) is 4.90 Å². The van der Waals surface area contributed by atoms with Crippen LogP contribution in [0.3, 0.4) is 0 Å². The number of likely N-dealkylation sites (N-methyl/N-ethyl adjacent to an activating group) is 1. The third-order valence-corrected chi connectivity index (χ3v) is 3.37. The number of halogens is 1. The van der Waals surface area contributed by atoms with Gasteiger partial charge in [-0.2, -0.15) is 0 Å². The second-order valence-corrected chi connectivity index (χ2v) is 5.40. The molecule has 116 valence electrons. The Morgan fingerprint density at radius 3 is 2.55 bits per heavy atom. The summed E-state index contributed by atoms with van der Waals surface area (Å²) in [4.78, 5) is 13.8. The summed E-state index contributed by atoms with van der Waals surface area (Å²) >= 11 is 0. The number of nitrogens with zero attached hydrogens (tertiary/aromatic N) is 1. The van der Waals surface area contributed by atoms with Gasteiger partial charge in [0, 0.05) is 13.6 Å². The van der Waals surface area contributed by atoms with Gasteiger partial charge >= 0.3 is 0 Å². The fraction of sp³-hybridized carbons (Fsp3) is 0.278. The van der Waals surface area contributed by atoms with Crippen LogP contribution in [0.25, 0.3) is 0 Å². The largest absolute Gasteiger partial charge is 0.481 e. The first kappa shape index (κ1) is 16.0. The molecule has 0 fully saturated rings. The Hall–Kier alpha value is -2.36. The van der Waals surface area contributed by atoms with Crippen molar-refractivity contribution in [2.24, 2.45) is 0 Å². The predicted molar refractivity (Wildman–Crippen MR) is 84.1 cm³/mol. The molecule has 0 aliphatic heterocycles. The van der Waals surface area contributed by atoms with E-state index in [1.54, 1.807) is 26.1 Å². The maximum absolute atomic E-state index is 13.2. The highest BCUT2D eigenvalue weighted by molar-refractivity contribution is 5.80. The van der Waals surface area contributed by atoms with Gasteiger partial charge in [0.2, 0.25) is 0 Å². The molecule has 2 aromatic carbocycles. The van der Waals surface area contributed by atoms with E-state index in [-0.39, 0.29) is 11.7 Å². The Balaban J connectivity index is 1.96. The van der Waals surface area contributed by atoms with Crippen LogP contribution in [0.1, 0.15) is 18.1 Å². The average Bonchev–Trinajstić information content (AvgIpc) is 2.48. The maximum atomic E-state index is 13.2. The molecule has 0 aliphatic rings. The second kappa shape index (κ2) is 7.07. The van der Waals surface area contributed by atoms with Crippen LogP contribution in [-0.4, -0.2) is 24.0 Å². The van der Waals surface area contributed by atoms with Crippen LogP contribution in [-0.2, 0) is 11.3 Å². The molecule has 0 spiro atoms. The number of carbonyl (C=O) groups is 1. The number of benzene rings is 2. The quantitative estimate of drug-likeness (QED) is 0.845. The monoisotopic (exact) mass is 301 g/mol. The van der Waals surface area contributed by atoms with Crippen molar-refractivity contribution in [3.8, 4) is 5.75 Å². The number of aryl methyl sites for hydroxylation is 1. The molecule has 0 N–H and O–H groups in total. The van der Waals surface area contributed by atoms with Crippen molar-refractivity contribution < 1.29 is 13.9 Å². The second-order valence-electron chi connectivity index (χ2n) is 5.40. The Morgan fingerprint density at radius 1 is 1.23 bits per heavy atom. The van der Waals surface area contributed by atoms with E-state index in [4.69, 9.17) is 4.74 Å². The summed E-state index contributed by atoms with van der Waals surface area (Å²) in [5, 5.41) is 0. The van der Waals surface area contributed by atoms with Gasteiger partial charge in [0.05, 0.1) is 0 Å². The summed E-state index contributed by atoms with van der Waals surface area (Å²) in [6, 6.07) is 13.8. The first-order valence-corrected chi connectivity index (χ1v) is 7.18. The molecule has 0 heterocycles. The lowest BCUT2D eigenvalue weighted by atomic mass is 10.2. The molecule has 2 aromatic rings. The van der Waals surface area contributed by atoms with E-state index >= 15 is 0 Å². The number of hydrogen-bond acceptors (Lipinski definition) is 2. The van der Waals surface area contributed by atoms with Crippen LogP contribution in [0, 0.1) is 12.7 Å². The zero-order valence-electron chi connectivity index (χ0n) is 13.0. The Morgan fingerprint density at radius 2 is 1.91 bits per heavy atom. The maximum Gasteiger partial charge on any atom is 0.263 e. The highest BCUT2D eigenvalue weighted by Gasteiger charge is 2.19. The summed E-state index contributed by atoms with van der Waals surface area (Å²) in [5.74, 6) is 0.206. The number of ether oxygens (including phenoxy) is 1. The molecule has 0 bridgehead atoms. The number of rotatable bonds is 5. The lowest BCUT2D eigenvalue weighted by Gasteiger charge is -2.22. The predicted octanol–water partition coefficient (Wildman–Crippen LogP) is 3.56. The fourth-order valence-electron chi connectivity index (χ4n) is 2.17. The van der Waals surface area contributed by atoms with Gasteiger partial charge < -0.3 is 9.64 Å². The first-order valence-electron chi connectivity index (χ1n) is 7.18. The standard InChI is InChI=1S/C18H20FNO2/c1-13-7-9-17(10-8-13)22-14(2)18(21)20(3)12-15-5-4-6-16(19)11-15/h4-11,14H,12H2,1-3H3. The van der Waals surface area contributed by atoms with Crippen molar-refractivity contribution in [1.29, 1.82) is 0 Å². The van der Waals surface area contributed by atoms with E-state index in [1.165, 1.54) is 17.0 Å². The molecule has 0 aromatic heterocycles. The third kappa shape index (κ3) is 4.32. The van der Waals surface area contributed by atoms with Gasteiger partial charge in [0.1, 0.15) is 11.6 Å². The van der Waals surface area contributed by atoms with Gasteiger partial charge in [-0.05, 0) is 43.7 Å². The van der Waals surface area contributed by atoms with E-state index in [9.17, 15) is 9.18 Å². The summed E-state index contributed by atoms with van der Waals surface area (Å²) in [6.45, 7) is 4.05. The van der Waals surface area contributed by atoms with Gasteiger partial charge in [0.25, 0.3) is 5.91 Å². The minimum Gasteiger partial charge on any atom is -0.481 e. The SMILES string of the molecule is Cc1ccc(OC(C)C(=O)N(C)Cc2cccc(F)c2)cc1. The van der Waals surface area contributed by atoms with Gasteiger partial charge in [0.15, 0.2) is 6.10 Å². The first-order chi connectivity index (χ1) is 10.5. The summed E-state index contributed by atoms with van der Waals surface area (Å²) in [5.41, 5.74) is 1.88. The van der Waals surface area contributed by atoms with Crippen LogP contribution >= 0.6 is 0 Å². The van der Waals surface area contributed by atoms with Crippen molar-refractivity contribution in [2.75, 3.05) is 7.05 Å². The molecule has 2 rings (SSSR count). The van der Waals surface area contributed by atoms with Crippen LogP contribution in [0.5, 0.6) is 5.75 Å². The van der Waals surface area contributed by atoms with E-state index in [0.717, 1.165) is 11.1 Å². The molecule has 1 amide bonds. The minimum absolute atomic E-state index is 0.148. The minimum atomic E-state index is -0.596. The van der Waals surface area contributed by atoms with Crippen LogP contribution in [0.4, 0.5) is 4.39 Å². The third-order valence-electron chi connectivity index (χ3n) is 3.37.